The molecule has 1 aromatic carbocycles. The fourth-order valence-corrected chi connectivity index (χ4v) is 2.70. The molecule has 1 aromatic heterocycles. The molecule has 1 aliphatic carbocycles. The molecule has 1 aliphatic rings. The van der Waals surface area contributed by atoms with E-state index in [1.54, 1.807) is 6.33 Å². The summed E-state index contributed by atoms with van der Waals surface area (Å²) in [6, 6.07) is 10.1. The maximum atomic E-state index is 6.21. The second kappa shape index (κ2) is 6.01. The molecular weight excluding hydrogens is 248 g/mol. The lowest BCUT2D eigenvalue weighted by atomic mass is 9.96. The van der Waals surface area contributed by atoms with E-state index in [0.717, 1.165) is 24.2 Å². The summed E-state index contributed by atoms with van der Waals surface area (Å²) < 4.78 is 0. The average molecular weight is 268 g/mol. The Kier molecular flexibility index (Phi) is 3.92. The number of aryl methyl sites for hydroxylation is 1. The van der Waals surface area contributed by atoms with Gasteiger partial charge in [0, 0.05) is 23.8 Å². The topological polar surface area (TPSA) is 63.8 Å². The number of fused-ring (bicyclic) bond motifs is 1. The second-order valence-electron chi connectivity index (χ2n) is 5.25. The van der Waals surface area contributed by atoms with Gasteiger partial charge in [-0.2, -0.15) is 0 Å². The first-order valence-electron chi connectivity index (χ1n) is 7.22. The summed E-state index contributed by atoms with van der Waals surface area (Å²) >= 11 is 0. The van der Waals surface area contributed by atoms with Crippen LogP contribution in [0, 0.1) is 0 Å². The first-order chi connectivity index (χ1) is 9.84. The van der Waals surface area contributed by atoms with Crippen molar-refractivity contribution in [2.75, 3.05) is 11.9 Å². The molecule has 0 spiro atoms. The van der Waals surface area contributed by atoms with Gasteiger partial charge in [-0.3, -0.25) is 0 Å². The zero-order valence-corrected chi connectivity index (χ0v) is 11.5. The van der Waals surface area contributed by atoms with E-state index >= 15 is 0 Å². The monoisotopic (exact) mass is 268 g/mol. The van der Waals surface area contributed by atoms with E-state index in [9.17, 15) is 0 Å². The summed E-state index contributed by atoms with van der Waals surface area (Å²) in [6.07, 6.45) is 6.24. The summed E-state index contributed by atoms with van der Waals surface area (Å²) in [6.45, 7) is 0.688. The van der Waals surface area contributed by atoms with Crippen molar-refractivity contribution in [1.82, 2.24) is 9.97 Å². The van der Waals surface area contributed by atoms with Crippen LogP contribution in [0.2, 0.25) is 0 Å². The average Bonchev–Trinajstić information content (AvgIpc) is 2.53. The summed E-state index contributed by atoms with van der Waals surface area (Å²) in [4.78, 5) is 8.76. The Bertz CT molecular complexity index is 568. The predicted octanol–water partition coefficient (Wildman–Crippen LogP) is 2.47. The molecule has 0 fully saturated rings. The zero-order chi connectivity index (χ0) is 13.8. The van der Waals surface area contributed by atoms with Crippen LogP contribution in [0.1, 0.15) is 35.7 Å². The van der Waals surface area contributed by atoms with E-state index in [1.807, 2.05) is 18.2 Å². The first kappa shape index (κ1) is 13.1. The maximum absolute atomic E-state index is 6.21. The van der Waals surface area contributed by atoms with Gasteiger partial charge in [-0.25, -0.2) is 9.97 Å². The number of rotatable bonds is 4. The van der Waals surface area contributed by atoms with Crippen molar-refractivity contribution in [3.05, 3.63) is 53.5 Å². The number of nitrogens with two attached hydrogens (primary N) is 1. The molecule has 1 unspecified atom stereocenters. The van der Waals surface area contributed by atoms with E-state index in [2.05, 4.69) is 27.4 Å². The molecule has 104 valence electrons. The second-order valence-corrected chi connectivity index (χ2v) is 5.25. The minimum absolute atomic E-state index is 0.0228. The molecular formula is C16H20N4. The molecule has 3 N–H and O–H groups in total. The number of anilines is 1. The molecule has 20 heavy (non-hydrogen) atoms. The highest BCUT2D eigenvalue weighted by Gasteiger charge is 2.15. The Morgan fingerprint density at radius 2 is 1.90 bits per heavy atom. The van der Waals surface area contributed by atoms with E-state index in [1.165, 1.54) is 24.1 Å². The molecule has 2 aromatic rings. The van der Waals surface area contributed by atoms with Crippen molar-refractivity contribution in [2.45, 2.75) is 31.7 Å². The number of nitrogens with zero attached hydrogens (tertiary/aromatic N) is 2. The van der Waals surface area contributed by atoms with Crippen LogP contribution in [-0.2, 0) is 12.8 Å². The number of hydrogen-bond acceptors (Lipinski definition) is 4. The highest BCUT2D eigenvalue weighted by Crippen LogP contribution is 2.24. The molecule has 4 nitrogen and oxygen atoms in total. The van der Waals surface area contributed by atoms with E-state index < -0.39 is 0 Å². The number of aromatic nitrogens is 2. The molecule has 4 heteroatoms. The third-order valence-electron chi connectivity index (χ3n) is 3.84. The minimum Gasteiger partial charge on any atom is -0.368 e. The van der Waals surface area contributed by atoms with Crippen LogP contribution in [0.3, 0.4) is 0 Å². The van der Waals surface area contributed by atoms with Gasteiger partial charge >= 0.3 is 0 Å². The quantitative estimate of drug-likeness (QED) is 0.894. The Balaban J connectivity index is 1.70. The molecule has 0 aliphatic heterocycles. The van der Waals surface area contributed by atoms with Crippen LogP contribution in [0.25, 0.3) is 0 Å². The van der Waals surface area contributed by atoms with Gasteiger partial charge in [-0.15, -0.1) is 0 Å². The van der Waals surface area contributed by atoms with E-state index in [-0.39, 0.29) is 6.04 Å². The lowest BCUT2D eigenvalue weighted by molar-refractivity contribution is 0.661. The largest absolute Gasteiger partial charge is 0.368 e. The summed E-state index contributed by atoms with van der Waals surface area (Å²) in [5.41, 5.74) is 9.83. The van der Waals surface area contributed by atoms with Gasteiger partial charge in [0.15, 0.2) is 0 Å². The summed E-state index contributed by atoms with van der Waals surface area (Å²) in [7, 11) is 0. The van der Waals surface area contributed by atoms with Crippen molar-refractivity contribution in [3.8, 4) is 0 Å². The summed E-state index contributed by atoms with van der Waals surface area (Å²) in [5.74, 6) is 0.959. The molecule has 1 heterocycles. The highest BCUT2D eigenvalue weighted by molar-refractivity contribution is 5.47. The van der Waals surface area contributed by atoms with Gasteiger partial charge in [0.05, 0.1) is 0 Å². The van der Waals surface area contributed by atoms with Crippen molar-refractivity contribution in [1.29, 1.82) is 0 Å². The van der Waals surface area contributed by atoms with Gasteiger partial charge in [0.25, 0.3) is 0 Å². The Morgan fingerprint density at radius 3 is 2.75 bits per heavy atom. The smallest absolute Gasteiger partial charge is 0.132 e. The molecule has 0 radical (unpaired) electrons. The third kappa shape index (κ3) is 2.80. The van der Waals surface area contributed by atoms with Crippen LogP contribution >= 0.6 is 0 Å². The molecule has 0 saturated carbocycles. The minimum atomic E-state index is -0.0228. The van der Waals surface area contributed by atoms with Crippen molar-refractivity contribution in [2.24, 2.45) is 5.73 Å². The lowest BCUT2D eigenvalue weighted by Crippen LogP contribution is -2.22. The first-order valence-corrected chi connectivity index (χ1v) is 7.22. The Morgan fingerprint density at radius 1 is 1.10 bits per heavy atom. The van der Waals surface area contributed by atoms with E-state index in [0.29, 0.717) is 6.54 Å². The number of nitrogens with one attached hydrogen (secondary N) is 1. The fourth-order valence-electron chi connectivity index (χ4n) is 2.70. The Labute approximate surface area is 119 Å². The van der Waals surface area contributed by atoms with Crippen molar-refractivity contribution in [3.63, 3.8) is 0 Å². The SMILES string of the molecule is NC(CNc1ncnc2c1CCCC2)c1ccccc1. The summed E-state index contributed by atoms with van der Waals surface area (Å²) in [5, 5.41) is 3.39. The van der Waals surface area contributed by atoms with Crippen LogP contribution in [0.15, 0.2) is 36.7 Å². The Hall–Kier alpha value is -1.94. The van der Waals surface area contributed by atoms with Crippen LogP contribution in [0.5, 0.6) is 0 Å². The van der Waals surface area contributed by atoms with E-state index in [4.69, 9.17) is 5.73 Å². The van der Waals surface area contributed by atoms with Gasteiger partial charge < -0.3 is 11.1 Å². The number of benzene rings is 1. The van der Waals surface area contributed by atoms with Crippen LogP contribution in [-0.4, -0.2) is 16.5 Å². The highest BCUT2D eigenvalue weighted by atomic mass is 15.0. The van der Waals surface area contributed by atoms with Gasteiger partial charge in [-0.05, 0) is 31.2 Å². The molecule has 0 saturated heterocycles. The molecule has 0 bridgehead atoms. The van der Waals surface area contributed by atoms with Crippen LogP contribution < -0.4 is 11.1 Å². The normalized spacial score (nSPS) is 15.4. The van der Waals surface area contributed by atoms with Crippen molar-refractivity contribution >= 4 is 5.82 Å². The maximum Gasteiger partial charge on any atom is 0.132 e. The van der Waals surface area contributed by atoms with Gasteiger partial charge in [0.1, 0.15) is 12.1 Å². The van der Waals surface area contributed by atoms with Gasteiger partial charge in [-0.1, -0.05) is 30.3 Å². The van der Waals surface area contributed by atoms with Crippen LogP contribution in [0.4, 0.5) is 5.82 Å². The fraction of sp³-hybridized carbons (Fsp3) is 0.375. The van der Waals surface area contributed by atoms with Crippen molar-refractivity contribution < 1.29 is 0 Å². The molecule has 0 amide bonds. The number of hydrogen-bond donors (Lipinski definition) is 2. The predicted molar refractivity (Wildman–Crippen MR) is 80.5 cm³/mol. The molecule has 1 atom stereocenters. The zero-order valence-electron chi connectivity index (χ0n) is 11.5. The molecule has 3 rings (SSSR count). The standard InChI is InChI=1S/C16H20N4/c17-14(12-6-2-1-3-7-12)10-18-16-13-8-4-5-9-15(13)19-11-20-16/h1-3,6-7,11,14H,4-5,8-10,17H2,(H,18,19,20). The third-order valence-corrected chi connectivity index (χ3v) is 3.84. The van der Waals surface area contributed by atoms with Gasteiger partial charge in [0.2, 0.25) is 0 Å². The lowest BCUT2D eigenvalue weighted by Gasteiger charge is -2.19.